The number of halogens is 1. The summed E-state index contributed by atoms with van der Waals surface area (Å²) in [6.45, 7) is 0.266. The van der Waals surface area contributed by atoms with Gasteiger partial charge in [-0.25, -0.2) is 0 Å². The molecule has 5 nitrogen and oxygen atoms in total. The highest BCUT2D eigenvalue weighted by Crippen LogP contribution is 2.09. The van der Waals surface area contributed by atoms with Crippen LogP contribution in [0.4, 0.5) is 0 Å². The number of amides is 1. The van der Waals surface area contributed by atoms with Gasteiger partial charge >= 0.3 is 0 Å². The average Bonchev–Trinajstić information content (AvgIpc) is 2.61. The summed E-state index contributed by atoms with van der Waals surface area (Å²) in [5.74, 6) is 0.591. The molecule has 0 atom stereocenters. The molecule has 0 fully saturated rings. The highest BCUT2D eigenvalue weighted by molar-refractivity contribution is 6.27. The van der Waals surface area contributed by atoms with Crippen molar-refractivity contribution in [2.75, 3.05) is 13.0 Å². The largest absolute Gasteiger partial charge is 0.479 e. The van der Waals surface area contributed by atoms with Crippen LogP contribution in [-0.2, 0) is 11.3 Å². The standard InChI is InChI=1S/C7H9ClN2O3/c1-12-7-2-5(13-10-7)4-9-6(11)3-8/h2H,3-4H2,1H3,(H,9,11). The third kappa shape index (κ3) is 2.95. The van der Waals surface area contributed by atoms with E-state index in [1.54, 1.807) is 6.07 Å². The van der Waals surface area contributed by atoms with Crippen LogP contribution in [0.25, 0.3) is 0 Å². The summed E-state index contributed by atoms with van der Waals surface area (Å²) in [6.07, 6.45) is 0. The number of methoxy groups -OCH3 is 1. The van der Waals surface area contributed by atoms with Gasteiger partial charge in [-0.2, -0.15) is 0 Å². The molecule has 0 radical (unpaired) electrons. The number of aromatic nitrogens is 1. The number of hydrogen-bond donors (Lipinski definition) is 1. The number of alkyl halides is 1. The van der Waals surface area contributed by atoms with Crippen molar-refractivity contribution in [2.45, 2.75) is 6.54 Å². The van der Waals surface area contributed by atoms with Crippen molar-refractivity contribution in [1.29, 1.82) is 0 Å². The maximum absolute atomic E-state index is 10.7. The molecule has 1 rings (SSSR count). The molecule has 0 aliphatic rings. The summed E-state index contributed by atoms with van der Waals surface area (Å²) < 4.78 is 9.60. The molecule has 1 heterocycles. The Balaban J connectivity index is 2.41. The van der Waals surface area contributed by atoms with Crippen LogP contribution in [0, 0.1) is 0 Å². The Morgan fingerprint density at radius 3 is 3.15 bits per heavy atom. The van der Waals surface area contributed by atoms with Crippen LogP contribution in [-0.4, -0.2) is 24.1 Å². The quantitative estimate of drug-likeness (QED) is 0.727. The zero-order valence-electron chi connectivity index (χ0n) is 7.04. The second-order valence-electron chi connectivity index (χ2n) is 2.25. The number of carbonyl (C=O) groups excluding carboxylic acids is 1. The fraction of sp³-hybridized carbons (Fsp3) is 0.429. The summed E-state index contributed by atoms with van der Waals surface area (Å²) in [7, 11) is 1.49. The van der Waals surface area contributed by atoms with Gasteiger partial charge in [-0.05, 0) is 5.16 Å². The first-order valence-corrected chi connectivity index (χ1v) is 4.12. The van der Waals surface area contributed by atoms with Gasteiger partial charge in [-0.1, -0.05) is 0 Å². The van der Waals surface area contributed by atoms with Crippen molar-refractivity contribution in [3.8, 4) is 5.88 Å². The number of ether oxygens (including phenoxy) is 1. The fourth-order valence-electron chi connectivity index (χ4n) is 0.706. The maximum atomic E-state index is 10.7. The van der Waals surface area contributed by atoms with Crippen LogP contribution in [0.2, 0.25) is 0 Å². The minimum absolute atomic E-state index is 0.0642. The van der Waals surface area contributed by atoms with E-state index in [2.05, 4.69) is 10.5 Å². The molecule has 0 spiro atoms. The van der Waals surface area contributed by atoms with E-state index in [1.807, 2.05) is 0 Å². The predicted molar refractivity (Wildman–Crippen MR) is 45.6 cm³/mol. The Kier molecular flexibility index (Phi) is 3.57. The van der Waals surface area contributed by atoms with E-state index in [9.17, 15) is 4.79 Å². The number of carbonyl (C=O) groups is 1. The SMILES string of the molecule is COc1cc(CNC(=O)CCl)on1. The Morgan fingerprint density at radius 1 is 1.85 bits per heavy atom. The van der Waals surface area contributed by atoms with Gasteiger partial charge in [0, 0.05) is 6.07 Å². The Hall–Kier alpha value is -1.23. The highest BCUT2D eigenvalue weighted by Gasteiger charge is 2.04. The number of nitrogens with zero attached hydrogens (tertiary/aromatic N) is 1. The van der Waals surface area contributed by atoms with Crippen LogP contribution in [0.3, 0.4) is 0 Å². The lowest BCUT2D eigenvalue weighted by molar-refractivity contribution is -0.118. The van der Waals surface area contributed by atoms with Gasteiger partial charge in [0.2, 0.25) is 5.91 Å². The van der Waals surface area contributed by atoms with Gasteiger partial charge in [0.25, 0.3) is 5.88 Å². The third-order valence-electron chi connectivity index (χ3n) is 1.33. The lowest BCUT2D eigenvalue weighted by Gasteiger charge is -1.96. The summed E-state index contributed by atoms with van der Waals surface area (Å²) in [5.41, 5.74) is 0. The van der Waals surface area contributed by atoms with E-state index in [0.29, 0.717) is 11.6 Å². The molecule has 0 aliphatic heterocycles. The Bertz CT molecular complexity index is 287. The molecule has 0 aromatic carbocycles. The zero-order chi connectivity index (χ0) is 9.68. The second-order valence-corrected chi connectivity index (χ2v) is 2.51. The molecule has 13 heavy (non-hydrogen) atoms. The summed E-state index contributed by atoms with van der Waals surface area (Å²) in [4.78, 5) is 10.7. The first-order valence-electron chi connectivity index (χ1n) is 3.58. The van der Waals surface area contributed by atoms with Gasteiger partial charge in [-0.3, -0.25) is 4.79 Å². The van der Waals surface area contributed by atoms with E-state index in [1.165, 1.54) is 7.11 Å². The van der Waals surface area contributed by atoms with Crippen molar-refractivity contribution < 1.29 is 14.1 Å². The number of hydrogen-bond acceptors (Lipinski definition) is 4. The van der Waals surface area contributed by atoms with E-state index >= 15 is 0 Å². The molecule has 1 aromatic rings. The number of rotatable bonds is 4. The van der Waals surface area contributed by atoms with Crippen molar-refractivity contribution in [3.05, 3.63) is 11.8 Å². The van der Waals surface area contributed by atoms with Gasteiger partial charge in [-0.15, -0.1) is 11.6 Å². The van der Waals surface area contributed by atoms with Crippen molar-refractivity contribution in [2.24, 2.45) is 0 Å². The van der Waals surface area contributed by atoms with Crippen molar-refractivity contribution in [3.63, 3.8) is 0 Å². The fourth-order valence-corrected chi connectivity index (χ4v) is 0.801. The van der Waals surface area contributed by atoms with Crippen molar-refractivity contribution in [1.82, 2.24) is 10.5 Å². The molecule has 1 N–H and O–H groups in total. The molecular formula is C7H9ClN2O3. The molecule has 0 aliphatic carbocycles. The number of nitrogens with one attached hydrogen (secondary N) is 1. The van der Waals surface area contributed by atoms with Crippen LogP contribution >= 0.6 is 11.6 Å². The molecule has 0 bridgehead atoms. The van der Waals surface area contributed by atoms with E-state index in [4.69, 9.17) is 20.9 Å². The lowest BCUT2D eigenvalue weighted by atomic mass is 10.4. The normalized spacial score (nSPS) is 9.69. The Labute approximate surface area is 80.0 Å². The van der Waals surface area contributed by atoms with Crippen molar-refractivity contribution >= 4 is 17.5 Å². The third-order valence-corrected chi connectivity index (χ3v) is 1.57. The maximum Gasteiger partial charge on any atom is 0.254 e. The summed E-state index contributed by atoms with van der Waals surface area (Å²) in [5, 5.41) is 6.08. The molecule has 1 aromatic heterocycles. The van der Waals surface area contributed by atoms with Gasteiger partial charge in [0.15, 0.2) is 5.76 Å². The molecule has 72 valence electrons. The topological polar surface area (TPSA) is 64.4 Å². The van der Waals surface area contributed by atoms with E-state index < -0.39 is 0 Å². The first kappa shape index (κ1) is 9.85. The lowest BCUT2D eigenvalue weighted by Crippen LogP contribution is -2.23. The van der Waals surface area contributed by atoms with Gasteiger partial charge in [0.1, 0.15) is 5.88 Å². The Morgan fingerprint density at radius 2 is 2.62 bits per heavy atom. The predicted octanol–water partition coefficient (Wildman–Crippen LogP) is 0.538. The molecular weight excluding hydrogens is 196 g/mol. The summed E-state index contributed by atoms with van der Waals surface area (Å²) >= 11 is 5.27. The molecule has 0 saturated heterocycles. The smallest absolute Gasteiger partial charge is 0.254 e. The van der Waals surface area contributed by atoms with Gasteiger partial charge < -0.3 is 14.6 Å². The minimum Gasteiger partial charge on any atom is -0.479 e. The monoisotopic (exact) mass is 204 g/mol. The second kappa shape index (κ2) is 4.71. The average molecular weight is 205 g/mol. The van der Waals surface area contributed by atoms with E-state index in [-0.39, 0.29) is 18.3 Å². The molecule has 6 heteroatoms. The minimum atomic E-state index is -0.253. The molecule has 1 amide bonds. The van der Waals surface area contributed by atoms with Crippen LogP contribution in [0.1, 0.15) is 5.76 Å². The summed E-state index contributed by atoms with van der Waals surface area (Å²) in [6, 6.07) is 1.59. The molecule has 0 saturated carbocycles. The van der Waals surface area contributed by atoms with Crippen LogP contribution in [0.5, 0.6) is 5.88 Å². The molecule has 0 unspecified atom stereocenters. The zero-order valence-corrected chi connectivity index (χ0v) is 7.80. The highest BCUT2D eigenvalue weighted by atomic mass is 35.5. The van der Waals surface area contributed by atoms with Gasteiger partial charge in [0.05, 0.1) is 13.7 Å². The van der Waals surface area contributed by atoms with E-state index in [0.717, 1.165) is 0 Å². The van der Waals surface area contributed by atoms with Crippen LogP contribution in [0.15, 0.2) is 10.6 Å². The van der Waals surface area contributed by atoms with Crippen LogP contribution < -0.4 is 10.1 Å². The first-order chi connectivity index (χ1) is 6.26.